The molecule has 0 saturated heterocycles. The van der Waals surface area contributed by atoms with Crippen LogP contribution in [0.15, 0.2) is 40.7 Å². The summed E-state index contributed by atoms with van der Waals surface area (Å²) in [5, 5.41) is 5.87. The topological polar surface area (TPSA) is 76.7 Å². The van der Waals surface area contributed by atoms with Crippen molar-refractivity contribution in [2.75, 3.05) is 6.54 Å². The van der Waals surface area contributed by atoms with E-state index in [0.29, 0.717) is 5.69 Å². The lowest BCUT2D eigenvalue weighted by molar-refractivity contribution is 0.407. The molecule has 5 nitrogen and oxygen atoms in total. The van der Waals surface area contributed by atoms with Crippen molar-refractivity contribution in [3.63, 3.8) is 0 Å². The first-order chi connectivity index (χ1) is 9.52. The third kappa shape index (κ3) is 2.80. The van der Waals surface area contributed by atoms with Gasteiger partial charge >= 0.3 is 5.69 Å². The lowest BCUT2D eigenvalue weighted by atomic mass is 10.2. The van der Waals surface area contributed by atoms with Crippen molar-refractivity contribution in [3.8, 4) is 5.69 Å². The average molecular weight is 284 g/mol. The zero-order valence-electron chi connectivity index (χ0n) is 10.2. The Morgan fingerprint density at radius 1 is 1.30 bits per heavy atom. The SMILES string of the molecule is NCC(Cc1n[nH]c(=O)n1-c1ccc(F)cc1)=C(F)F. The fraction of sp³-hybridized carbons (Fsp3) is 0.167. The lowest BCUT2D eigenvalue weighted by Gasteiger charge is -2.06. The van der Waals surface area contributed by atoms with E-state index in [4.69, 9.17) is 5.73 Å². The van der Waals surface area contributed by atoms with E-state index >= 15 is 0 Å². The summed E-state index contributed by atoms with van der Waals surface area (Å²) >= 11 is 0. The van der Waals surface area contributed by atoms with Crippen LogP contribution in [-0.2, 0) is 6.42 Å². The van der Waals surface area contributed by atoms with E-state index in [2.05, 4.69) is 10.2 Å². The van der Waals surface area contributed by atoms with E-state index in [1.54, 1.807) is 0 Å². The van der Waals surface area contributed by atoms with Crippen molar-refractivity contribution >= 4 is 0 Å². The minimum Gasteiger partial charge on any atom is -0.327 e. The first-order valence-corrected chi connectivity index (χ1v) is 5.68. The zero-order chi connectivity index (χ0) is 14.7. The van der Waals surface area contributed by atoms with E-state index in [-0.39, 0.29) is 24.4 Å². The van der Waals surface area contributed by atoms with Gasteiger partial charge in [0.15, 0.2) is 0 Å². The molecule has 0 aliphatic heterocycles. The molecule has 0 amide bonds. The number of aromatic nitrogens is 3. The highest BCUT2D eigenvalue weighted by Crippen LogP contribution is 2.14. The molecular formula is C12H11F3N4O. The van der Waals surface area contributed by atoms with Crippen LogP contribution < -0.4 is 11.4 Å². The van der Waals surface area contributed by atoms with Gasteiger partial charge in [0.05, 0.1) is 5.69 Å². The molecule has 2 aromatic rings. The quantitative estimate of drug-likeness (QED) is 0.889. The Balaban J connectivity index is 2.45. The molecule has 2 rings (SSSR count). The monoisotopic (exact) mass is 284 g/mol. The van der Waals surface area contributed by atoms with Gasteiger partial charge in [0.2, 0.25) is 0 Å². The maximum atomic E-state index is 12.9. The fourth-order valence-corrected chi connectivity index (χ4v) is 1.71. The summed E-state index contributed by atoms with van der Waals surface area (Å²) in [6.07, 6.45) is -2.16. The van der Waals surface area contributed by atoms with Crippen molar-refractivity contribution in [1.29, 1.82) is 0 Å². The Bertz CT molecular complexity index is 683. The molecule has 20 heavy (non-hydrogen) atoms. The van der Waals surface area contributed by atoms with Gasteiger partial charge in [-0.2, -0.15) is 13.9 Å². The zero-order valence-corrected chi connectivity index (χ0v) is 10.2. The van der Waals surface area contributed by atoms with Crippen molar-refractivity contribution in [1.82, 2.24) is 14.8 Å². The van der Waals surface area contributed by atoms with Crippen LogP contribution in [0.2, 0.25) is 0 Å². The highest BCUT2D eigenvalue weighted by molar-refractivity contribution is 5.33. The molecule has 0 bridgehead atoms. The summed E-state index contributed by atoms with van der Waals surface area (Å²) in [5.74, 6) is -0.390. The molecular weight excluding hydrogens is 273 g/mol. The van der Waals surface area contributed by atoms with Crippen LogP contribution in [0.1, 0.15) is 5.82 Å². The predicted octanol–water partition coefficient (Wildman–Crippen LogP) is 1.35. The van der Waals surface area contributed by atoms with Crippen LogP contribution in [0.3, 0.4) is 0 Å². The Kier molecular flexibility index (Phi) is 4.04. The van der Waals surface area contributed by atoms with Crippen LogP contribution >= 0.6 is 0 Å². The molecule has 0 aliphatic rings. The Morgan fingerprint density at radius 3 is 2.50 bits per heavy atom. The number of hydrogen-bond donors (Lipinski definition) is 2. The van der Waals surface area contributed by atoms with E-state index in [0.717, 1.165) is 16.7 Å². The van der Waals surface area contributed by atoms with Gasteiger partial charge in [-0.25, -0.2) is 18.9 Å². The average Bonchev–Trinajstić information content (AvgIpc) is 2.78. The second-order valence-electron chi connectivity index (χ2n) is 4.00. The number of benzene rings is 1. The van der Waals surface area contributed by atoms with Gasteiger partial charge in [0.1, 0.15) is 11.6 Å². The van der Waals surface area contributed by atoms with Gasteiger partial charge in [-0.15, -0.1) is 0 Å². The van der Waals surface area contributed by atoms with Crippen molar-refractivity contribution < 1.29 is 13.2 Å². The summed E-state index contributed by atoms with van der Waals surface area (Å²) in [6.45, 7) is -0.340. The van der Waals surface area contributed by atoms with Gasteiger partial charge in [0.25, 0.3) is 6.08 Å². The first-order valence-electron chi connectivity index (χ1n) is 5.68. The molecule has 106 valence electrons. The van der Waals surface area contributed by atoms with E-state index in [9.17, 15) is 18.0 Å². The van der Waals surface area contributed by atoms with Crippen molar-refractivity contribution in [2.45, 2.75) is 6.42 Å². The van der Waals surface area contributed by atoms with Gasteiger partial charge < -0.3 is 5.73 Å². The predicted molar refractivity (Wildman–Crippen MR) is 66.1 cm³/mol. The lowest BCUT2D eigenvalue weighted by Crippen LogP contribution is -2.18. The third-order valence-electron chi connectivity index (χ3n) is 2.71. The number of H-pyrrole nitrogens is 1. The minimum absolute atomic E-state index is 0.0786. The minimum atomic E-state index is -1.89. The number of nitrogens with zero attached hydrogens (tertiary/aromatic N) is 2. The van der Waals surface area contributed by atoms with Crippen LogP contribution in [0.4, 0.5) is 13.2 Å². The van der Waals surface area contributed by atoms with Crippen LogP contribution in [0.5, 0.6) is 0 Å². The van der Waals surface area contributed by atoms with Crippen molar-refractivity contribution in [3.05, 3.63) is 58.0 Å². The van der Waals surface area contributed by atoms with Gasteiger partial charge in [-0.1, -0.05) is 0 Å². The standard InChI is InChI=1S/C12H11F3N4O/c13-8-1-3-9(4-2-8)19-10(17-18-12(19)20)5-7(6-16)11(14)15/h1-4H,5-6,16H2,(H,18,20). The Hall–Kier alpha value is -2.35. The van der Waals surface area contributed by atoms with Gasteiger partial charge in [0, 0.05) is 18.5 Å². The maximum absolute atomic E-state index is 12.9. The fourth-order valence-electron chi connectivity index (χ4n) is 1.71. The highest BCUT2D eigenvalue weighted by Gasteiger charge is 2.14. The number of aromatic amines is 1. The smallest absolute Gasteiger partial charge is 0.327 e. The Morgan fingerprint density at radius 2 is 1.95 bits per heavy atom. The molecule has 1 aromatic heterocycles. The van der Waals surface area contributed by atoms with Gasteiger partial charge in [-0.05, 0) is 24.3 Å². The van der Waals surface area contributed by atoms with E-state index in [1.165, 1.54) is 12.1 Å². The molecule has 0 unspecified atom stereocenters. The summed E-state index contributed by atoms with van der Waals surface area (Å²) in [5.41, 5.74) is 4.65. The van der Waals surface area contributed by atoms with E-state index < -0.39 is 17.6 Å². The number of nitrogens with one attached hydrogen (secondary N) is 1. The normalized spacial score (nSPS) is 10.6. The Labute approximate surface area is 111 Å². The van der Waals surface area contributed by atoms with Gasteiger partial charge in [-0.3, -0.25) is 0 Å². The maximum Gasteiger partial charge on any atom is 0.347 e. The number of halogens is 3. The number of nitrogens with two attached hydrogens (primary N) is 1. The molecule has 0 saturated carbocycles. The van der Waals surface area contributed by atoms with Crippen LogP contribution in [-0.4, -0.2) is 21.3 Å². The molecule has 0 aliphatic carbocycles. The second-order valence-corrected chi connectivity index (χ2v) is 4.00. The summed E-state index contributed by atoms with van der Waals surface area (Å²) in [6, 6.07) is 5.03. The van der Waals surface area contributed by atoms with E-state index in [1.807, 2.05) is 0 Å². The molecule has 1 aromatic carbocycles. The molecule has 8 heteroatoms. The van der Waals surface area contributed by atoms with Crippen molar-refractivity contribution in [2.24, 2.45) is 5.73 Å². The number of rotatable bonds is 4. The second kappa shape index (κ2) is 5.74. The molecule has 3 N–H and O–H groups in total. The first kappa shape index (κ1) is 14.1. The third-order valence-corrected chi connectivity index (χ3v) is 2.71. The molecule has 0 spiro atoms. The summed E-state index contributed by atoms with van der Waals surface area (Å²) < 4.78 is 39.2. The molecule has 0 radical (unpaired) electrons. The molecule has 0 fully saturated rings. The highest BCUT2D eigenvalue weighted by atomic mass is 19.3. The summed E-state index contributed by atoms with van der Waals surface area (Å²) in [4.78, 5) is 11.7. The van der Waals surface area contributed by atoms with Crippen LogP contribution in [0.25, 0.3) is 5.69 Å². The molecule has 1 heterocycles. The summed E-state index contributed by atoms with van der Waals surface area (Å²) in [7, 11) is 0. The molecule has 0 atom stereocenters. The number of hydrogen-bond acceptors (Lipinski definition) is 3. The largest absolute Gasteiger partial charge is 0.347 e. The van der Waals surface area contributed by atoms with Crippen LogP contribution in [0, 0.1) is 5.82 Å².